The standard InChI is InChI=1S/C12H13F3O3/c1-3-8-5-6-9(11(16)17-4-2)10(7-8)18-12(13,14)15/h5-7H,3-4H2,1-2H3. The quantitative estimate of drug-likeness (QED) is 0.781. The zero-order valence-electron chi connectivity index (χ0n) is 10.0. The van der Waals surface area contributed by atoms with Gasteiger partial charge in [0, 0.05) is 0 Å². The summed E-state index contributed by atoms with van der Waals surface area (Å²) in [5.74, 6) is -1.36. The average molecular weight is 262 g/mol. The first-order valence-corrected chi connectivity index (χ1v) is 5.43. The average Bonchev–Trinajstić information content (AvgIpc) is 2.27. The lowest BCUT2D eigenvalue weighted by molar-refractivity contribution is -0.274. The molecule has 0 spiro atoms. The predicted octanol–water partition coefficient (Wildman–Crippen LogP) is 3.32. The summed E-state index contributed by atoms with van der Waals surface area (Å²) in [7, 11) is 0. The number of esters is 1. The summed E-state index contributed by atoms with van der Waals surface area (Å²) < 4.78 is 45.2. The number of carbonyl (C=O) groups excluding carboxylic acids is 1. The van der Waals surface area contributed by atoms with Gasteiger partial charge in [-0.25, -0.2) is 4.79 Å². The molecule has 0 saturated heterocycles. The molecule has 0 aliphatic rings. The Bertz CT molecular complexity index is 427. The Balaban J connectivity index is 3.12. The van der Waals surface area contributed by atoms with Gasteiger partial charge in [-0.2, -0.15) is 0 Å². The van der Waals surface area contributed by atoms with Crippen LogP contribution in [0.25, 0.3) is 0 Å². The third-order valence-corrected chi connectivity index (χ3v) is 2.18. The van der Waals surface area contributed by atoms with E-state index in [0.29, 0.717) is 12.0 Å². The van der Waals surface area contributed by atoms with Crippen LogP contribution in [0.5, 0.6) is 5.75 Å². The van der Waals surface area contributed by atoms with Crippen LogP contribution in [0.15, 0.2) is 18.2 Å². The van der Waals surface area contributed by atoms with Gasteiger partial charge in [-0.05, 0) is 31.0 Å². The third-order valence-electron chi connectivity index (χ3n) is 2.18. The summed E-state index contributed by atoms with van der Waals surface area (Å²) in [5.41, 5.74) is 0.411. The van der Waals surface area contributed by atoms with Crippen molar-refractivity contribution in [2.45, 2.75) is 26.6 Å². The molecule has 3 nitrogen and oxygen atoms in total. The molecule has 0 atom stereocenters. The zero-order chi connectivity index (χ0) is 13.8. The molecule has 6 heteroatoms. The Labute approximate surface area is 103 Å². The van der Waals surface area contributed by atoms with Crippen molar-refractivity contribution in [1.29, 1.82) is 0 Å². The molecule has 0 bridgehead atoms. The second-order valence-electron chi connectivity index (χ2n) is 3.45. The fraction of sp³-hybridized carbons (Fsp3) is 0.417. The summed E-state index contributed by atoms with van der Waals surface area (Å²) in [5, 5.41) is 0. The number of alkyl halides is 3. The Hall–Kier alpha value is -1.72. The maximum absolute atomic E-state index is 12.2. The highest BCUT2D eigenvalue weighted by Gasteiger charge is 2.33. The van der Waals surface area contributed by atoms with E-state index in [4.69, 9.17) is 0 Å². The molecule has 0 aliphatic heterocycles. The maximum atomic E-state index is 12.2. The summed E-state index contributed by atoms with van der Waals surface area (Å²) in [6, 6.07) is 4.03. The fourth-order valence-corrected chi connectivity index (χ4v) is 1.37. The van der Waals surface area contributed by atoms with Crippen LogP contribution in [-0.4, -0.2) is 18.9 Å². The molecule has 0 unspecified atom stereocenters. The van der Waals surface area contributed by atoms with Crippen molar-refractivity contribution in [2.24, 2.45) is 0 Å². The van der Waals surface area contributed by atoms with Gasteiger partial charge in [-0.15, -0.1) is 13.2 Å². The van der Waals surface area contributed by atoms with Crippen molar-refractivity contribution < 1.29 is 27.4 Å². The maximum Gasteiger partial charge on any atom is 0.573 e. The van der Waals surface area contributed by atoms with Crippen LogP contribution < -0.4 is 4.74 Å². The normalized spacial score (nSPS) is 11.2. The Morgan fingerprint density at radius 2 is 1.94 bits per heavy atom. The topological polar surface area (TPSA) is 35.5 Å². The largest absolute Gasteiger partial charge is 0.573 e. The van der Waals surface area contributed by atoms with Crippen LogP contribution in [0.4, 0.5) is 13.2 Å². The Kier molecular flexibility index (Phi) is 4.58. The van der Waals surface area contributed by atoms with Gasteiger partial charge < -0.3 is 9.47 Å². The minimum Gasteiger partial charge on any atom is -0.462 e. The van der Waals surface area contributed by atoms with E-state index in [1.165, 1.54) is 12.1 Å². The third kappa shape index (κ3) is 3.94. The summed E-state index contributed by atoms with van der Waals surface area (Å²) in [4.78, 5) is 11.5. The first-order chi connectivity index (χ1) is 8.37. The highest BCUT2D eigenvalue weighted by atomic mass is 19.4. The van der Waals surface area contributed by atoms with Crippen LogP contribution in [-0.2, 0) is 11.2 Å². The van der Waals surface area contributed by atoms with E-state index in [9.17, 15) is 18.0 Å². The molecule has 0 aliphatic carbocycles. The van der Waals surface area contributed by atoms with Crippen molar-refractivity contribution >= 4 is 5.97 Å². The van der Waals surface area contributed by atoms with E-state index in [2.05, 4.69) is 9.47 Å². The summed E-state index contributed by atoms with van der Waals surface area (Å²) >= 11 is 0. The molecule has 1 rings (SSSR count). The Morgan fingerprint density at radius 3 is 2.44 bits per heavy atom. The zero-order valence-corrected chi connectivity index (χ0v) is 10.0. The monoisotopic (exact) mass is 262 g/mol. The molecule has 0 N–H and O–H groups in total. The number of hydrogen-bond donors (Lipinski definition) is 0. The van der Waals surface area contributed by atoms with Gasteiger partial charge in [0.1, 0.15) is 11.3 Å². The van der Waals surface area contributed by atoms with Crippen molar-refractivity contribution in [3.8, 4) is 5.75 Å². The smallest absolute Gasteiger partial charge is 0.462 e. The molecule has 1 aromatic carbocycles. The molecule has 0 heterocycles. The second kappa shape index (κ2) is 5.75. The van der Waals surface area contributed by atoms with E-state index in [1.54, 1.807) is 19.9 Å². The lowest BCUT2D eigenvalue weighted by Crippen LogP contribution is -2.19. The number of hydrogen-bond acceptors (Lipinski definition) is 3. The first-order valence-electron chi connectivity index (χ1n) is 5.43. The van der Waals surface area contributed by atoms with E-state index < -0.39 is 18.1 Å². The van der Waals surface area contributed by atoms with E-state index in [-0.39, 0.29) is 12.2 Å². The van der Waals surface area contributed by atoms with Crippen LogP contribution in [0.2, 0.25) is 0 Å². The van der Waals surface area contributed by atoms with Crippen LogP contribution in [0, 0.1) is 0 Å². The predicted molar refractivity (Wildman–Crippen MR) is 58.5 cm³/mol. The molecule has 0 aromatic heterocycles. The van der Waals surface area contributed by atoms with Gasteiger partial charge in [0.25, 0.3) is 0 Å². The number of carbonyl (C=O) groups is 1. The number of ether oxygens (including phenoxy) is 2. The molecular formula is C12H13F3O3. The number of aryl methyl sites for hydroxylation is 1. The molecule has 0 fully saturated rings. The molecule has 18 heavy (non-hydrogen) atoms. The lowest BCUT2D eigenvalue weighted by atomic mass is 10.1. The van der Waals surface area contributed by atoms with Crippen molar-refractivity contribution in [2.75, 3.05) is 6.61 Å². The van der Waals surface area contributed by atoms with Crippen LogP contribution in [0.1, 0.15) is 29.8 Å². The summed E-state index contributed by atoms with van der Waals surface area (Å²) in [6.45, 7) is 3.44. The van der Waals surface area contributed by atoms with Gasteiger partial charge >= 0.3 is 12.3 Å². The first kappa shape index (κ1) is 14.3. The van der Waals surface area contributed by atoms with Crippen LogP contribution in [0.3, 0.4) is 0 Å². The Morgan fingerprint density at radius 1 is 1.28 bits per heavy atom. The van der Waals surface area contributed by atoms with Gasteiger partial charge in [-0.1, -0.05) is 13.0 Å². The molecule has 0 radical (unpaired) electrons. The lowest BCUT2D eigenvalue weighted by Gasteiger charge is -2.13. The van der Waals surface area contributed by atoms with Gasteiger partial charge in [-0.3, -0.25) is 0 Å². The summed E-state index contributed by atoms with van der Waals surface area (Å²) in [6.07, 6.45) is -4.30. The minimum atomic E-state index is -4.84. The molecule has 0 amide bonds. The number of halogens is 3. The number of benzene rings is 1. The minimum absolute atomic E-state index is 0.0832. The molecular weight excluding hydrogens is 249 g/mol. The van der Waals surface area contributed by atoms with Gasteiger partial charge in [0.15, 0.2) is 0 Å². The van der Waals surface area contributed by atoms with E-state index in [0.717, 1.165) is 0 Å². The van der Waals surface area contributed by atoms with Crippen molar-refractivity contribution in [3.05, 3.63) is 29.3 Å². The molecule has 100 valence electrons. The van der Waals surface area contributed by atoms with Crippen molar-refractivity contribution in [1.82, 2.24) is 0 Å². The van der Waals surface area contributed by atoms with E-state index >= 15 is 0 Å². The van der Waals surface area contributed by atoms with E-state index in [1.807, 2.05) is 0 Å². The molecule has 1 aromatic rings. The molecule has 0 saturated carbocycles. The van der Waals surface area contributed by atoms with Gasteiger partial charge in [0.2, 0.25) is 0 Å². The fourth-order valence-electron chi connectivity index (χ4n) is 1.37. The van der Waals surface area contributed by atoms with Crippen molar-refractivity contribution in [3.63, 3.8) is 0 Å². The highest BCUT2D eigenvalue weighted by Crippen LogP contribution is 2.28. The van der Waals surface area contributed by atoms with Gasteiger partial charge in [0.05, 0.1) is 6.61 Å². The second-order valence-corrected chi connectivity index (χ2v) is 3.45. The van der Waals surface area contributed by atoms with Crippen LogP contribution >= 0.6 is 0 Å². The SMILES string of the molecule is CCOC(=O)c1ccc(CC)cc1OC(F)(F)F. The number of rotatable bonds is 4. The highest BCUT2D eigenvalue weighted by molar-refractivity contribution is 5.92.